The molecule has 2 aromatic carbocycles. The van der Waals surface area contributed by atoms with Crippen molar-refractivity contribution in [3.63, 3.8) is 0 Å². The van der Waals surface area contributed by atoms with Gasteiger partial charge in [0.25, 0.3) is 5.69 Å². The molecule has 0 saturated heterocycles. The molecule has 0 spiro atoms. The Morgan fingerprint density at radius 1 is 1.14 bits per heavy atom. The second-order valence-electron chi connectivity index (χ2n) is 6.19. The van der Waals surface area contributed by atoms with Crippen LogP contribution < -0.4 is 4.74 Å². The Morgan fingerprint density at radius 2 is 1.79 bits per heavy atom. The van der Waals surface area contributed by atoms with E-state index in [9.17, 15) is 20.0 Å². The highest BCUT2D eigenvalue weighted by molar-refractivity contribution is 6.15. The molecule has 1 N–H and O–H groups in total. The highest BCUT2D eigenvalue weighted by Crippen LogP contribution is 2.40. The number of hydrogen-bond donors (Lipinski definition) is 1. The third kappa shape index (κ3) is 4.05. The van der Waals surface area contributed by atoms with E-state index in [0.717, 1.165) is 0 Å². The zero-order valence-corrected chi connectivity index (χ0v) is 15.0. The number of benzene rings is 2. The van der Waals surface area contributed by atoms with Crippen LogP contribution in [0.25, 0.3) is 6.08 Å². The zero-order valence-electron chi connectivity index (χ0n) is 15.0. The molecular weight excluding hydrogens is 376 g/mol. The number of rotatable bonds is 6. The van der Waals surface area contributed by atoms with Gasteiger partial charge < -0.3 is 9.84 Å². The molecule has 3 rings (SSSR count). The van der Waals surface area contributed by atoms with Crippen molar-refractivity contribution in [2.75, 3.05) is 13.1 Å². The van der Waals surface area contributed by atoms with Gasteiger partial charge >= 0.3 is 0 Å². The van der Waals surface area contributed by atoms with E-state index in [-0.39, 0.29) is 48.1 Å². The zero-order chi connectivity index (χ0) is 21.0. The maximum absolute atomic E-state index is 12.7. The summed E-state index contributed by atoms with van der Waals surface area (Å²) in [5.41, 5.74) is 1.01. The quantitative estimate of drug-likeness (QED) is 0.343. The second kappa shape index (κ2) is 8.21. The lowest BCUT2D eigenvalue weighted by atomic mass is 10.0. The van der Waals surface area contributed by atoms with Crippen molar-refractivity contribution in [1.29, 1.82) is 10.5 Å². The maximum Gasteiger partial charge on any atom is 0.269 e. The summed E-state index contributed by atoms with van der Waals surface area (Å²) in [5.74, 6) is -0.336. The predicted molar refractivity (Wildman–Crippen MR) is 101 cm³/mol. The summed E-state index contributed by atoms with van der Waals surface area (Å²) in [6, 6.07) is 12.3. The molecular formula is C20H14N4O5. The Hall–Kier alpha value is -4.21. The first kappa shape index (κ1) is 19.5. The minimum absolute atomic E-state index is 0.00724. The molecule has 0 bridgehead atoms. The maximum atomic E-state index is 12.7. The normalized spacial score (nSPS) is 13.6. The van der Waals surface area contributed by atoms with E-state index < -0.39 is 10.7 Å². The highest BCUT2D eigenvalue weighted by atomic mass is 16.6. The summed E-state index contributed by atoms with van der Waals surface area (Å²) in [7, 11) is 0. The fourth-order valence-electron chi connectivity index (χ4n) is 2.88. The van der Waals surface area contributed by atoms with Crippen molar-refractivity contribution in [3.8, 4) is 23.6 Å². The molecule has 0 amide bonds. The van der Waals surface area contributed by atoms with Crippen molar-refractivity contribution >= 4 is 17.5 Å². The number of nitriles is 2. The first-order chi connectivity index (χ1) is 13.9. The van der Waals surface area contributed by atoms with Crippen molar-refractivity contribution < 1.29 is 19.6 Å². The molecule has 29 heavy (non-hydrogen) atoms. The first-order valence-corrected chi connectivity index (χ1v) is 8.44. The number of nitrogens with zero attached hydrogens (tertiary/aromatic N) is 4. The van der Waals surface area contributed by atoms with Gasteiger partial charge in [0.1, 0.15) is 11.5 Å². The largest absolute Gasteiger partial charge is 0.507 e. The van der Waals surface area contributed by atoms with Crippen LogP contribution in [-0.2, 0) is 6.54 Å². The summed E-state index contributed by atoms with van der Waals surface area (Å²) < 4.78 is 5.70. The van der Waals surface area contributed by atoms with Gasteiger partial charge in [-0.2, -0.15) is 10.5 Å². The predicted octanol–water partition coefficient (Wildman–Crippen LogP) is 2.77. The summed E-state index contributed by atoms with van der Waals surface area (Å²) in [4.78, 5) is 24.4. The van der Waals surface area contributed by atoms with E-state index >= 15 is 0 Å². The van der Waals surface area contributed by atoms with Crippen molar-refractivity contribution in [2.45, 2.75) is 6.54 Å². The molecule has 0 saturated carbocycles. The highest BCUT2D eigenvalue weighted by Gasteiger charge is 2.31. The van der Waals surface area contributed by atoms with Gasteiger partial charge in [-0.15, -0.1) is 0 Å². The molecule has 0 unspecified atom stereocenters. The molecule has 0 radical (unpaired) electrons. The van der Waals surface area contributed by atoms with Gasteiger partial charge in [0.15, 0.2) is 5.76 Å². The molecule has 1 aliphatic heterocycles. The molecule has 0 fully saturated rings. The average molecular weight is 390 g/mol. The SMILES string of the molecule is N#CCN(CC#N)Cc1c(O)ccc2c1O/C(=C/c1ccc([N+](=O)[O-])cc1)C2=O. The van der Waals surface area contributed by atoms with Crippen LogP contribution in [0, 0.1) is 32.8 Å². The van der Waals surface area contributed by atoms with E-state index in [1.54, 1.807) is 0 Å². The van der Waals surface area contributed by atoms with Gasteiger partial charge in [0.05, 0.1) is 41.3 Å². The number of phenolic OH excluding ortho intramolecular Hbond substituents is 1. The number of ketones is 1. The van der Waals surface area contributed by atoms with E-state index in [1.165, 1.54) is 47.4 Å². The van der Waals surface area contributed by atoms with Crippen LogP contribution in [0.2, 0.25) is 0 Å². The first-order valence-electron chi connectivity index (χ1n) is 8.44. The third-order valence-electron chi connectivity index (χ3n) is 4.29. The average Bonchev–Trinajstić information content (AvgIpc) is 3.00. The van der Waals surface area contributed by atoms with E-state index in [1.807, 2.05) is 12.1 Å². The fourth-order valence-corrected chi connectivity index (χ4v) is 2.88. The molecule has 9 nitrogen and oxygen atoms in total. The number of carbonyl (C=O) groups excluding carboxylic acids is 1. The van der Waals surface area contributed by atoms with Gasteiger partial charge in [-0.25, -0.2) is 0 Å². The van der Waals surface area contributed by atoms with Crippen LogP contribution in [0.5, 0.6) is 11.5 Å². The Kier molecular flexibility index (Phi) is 5.54. The number of aromatic hydroxyl groups is 1. The summed E-state index contributed by atoms with van der Waals surface area (Å²) in [6.07, 6.45) is 1.45. The molecule has 0 atom stereocenters. The summed E-state index contributed by atoms with van der Waals surface area (Å²) in [6.45, 7) is -0.0135. The number of phenols is 1. The number of nitro benzene ring substituents is 1. The lowest BCUT2D eigenvalue weighted by Crippen LogP contribution is -2.24. The standard InChI is InChI=1S/C20H14N4O5/c21-7-9-23(10-8-22)12-16-17(25)6-5-15-19(26)18(29-20(15)16)11-13-1-3-14(4-2-13)24(27)28/h1-6,11,25H,9-10,12H2/b18-11+. The lowest BCUT2D eigenvalue weighted by molar-refractivity contribution is -0.384. The van der Waals surface area contributed by atoms with Gasteiger partial charge in [-0.1, -0.05) is 0 Å². The van der Waals surface area contributed by atoms with Crippen molar-refractivity contribution in [3.05, 3.63) is 69.0 Å². The molecule has 1 heterocycles. The number of fused-ring (bicyclic) bond motifs is 1. The number of Topliss-reactive ketones (excluding diaryl/α,β-unsaturated/α-hetero) is 1. The van der Waals surface area contributed by atoms with Gasteiger partial charge in [-0.3, -0.25) is 19.8 Å². The third-order valence-corrected chi connectivity index (χ3v) is 4.29. The van der Waals surface area contributed by atoms with E-state index in [4.69, 9.17) is 15.3 Å². The minimum atomic E-state index is -0.521. The topological polar surface area (TPSA) is 140 Å². The molecule has 9 heteroatoms. The number of hydrogen-bond acceptors (Lipinski definition) is 8. The lowest BCUT2D eigenvalue weighted by Gasteiger charge is -2.17. The minimum Gasteiger partial charge on any atom is -0.507 e. The van der Waals surface area contributed by atoms with Crippen LogP contribution in [0.4, 0.5) is 5.69 Å². The molecule has 1 aliphatic rings. The Labute approximate surface area is 165 Å². The Morgan fingerprint density at radius 3 is 2.38 bits per heavy atom. The number of non-ortho nitro benzene ring substituents is 1. The smallest absolute Gasteiger partial charge is 0.269 e. The van der Waals surface area contributed by atoms with Gasteiger partial charge in [-0.05, 0) is 35.9 Å². The van der Waals surface area contributed by atoms with Crippen LogP contribution in [0.15, 0.2) is 42.2 Å². The number of allylic oxidation sites excluding steroid dienone is 1. The Bertz CT molecular complexity index is 1080. The van der Waals surface area contributed by atoms with E-state index in [0.29, 0.717) is 11.1 Å². The Balaban J connectivity index is 1.93. The molecule has 2 aromatic rings. The van der Waals surface area contributed by atoms with E-state index in [2.05, 4.69) is 0 Å². The van der Waals surface area contributed by atoms with Crippen molar-refractivity contribution in [1.82, 2.24) is 4.90 Å². The second-order valence-corrected chi connectivity index (χ2v) is 6.19. The monoisotopic (exact) mass is 390 g/mol. The van der Waals surface area contributed by atoms with Crippen molar-refractivity contribution in [2.24, 2.45) is 0 Å². The molecule has 144 valence electrons. The van der Waals surface area contributed by atoms with Crippen LogP contribution in [0.1, 0.15) is 21.5 Å². The fraction of sp³-hybridized carbons (Fsp3) is 0.150. The van der Waals surface area contributed by atoms with Crippen LogP contribution in [0.3, 0.4) is 0 Å². The van der Waals surface area contributed by atoms with Crippen LogP contribution >= 0.6 is 0 Å². The summed E-state index contributed by atoms with van der Waals surface area (Å²) >= 11 is 0. The van der Waals surface area contributed by atoms with Gasteiger partial charge in [0.2, 0.25) is 5.78 Å². The number of ether oxygens (including phenoxy) is 1. The molecule has 0 aromatic heterocycles. The van der Waals surface area contributed by atoms with Crippen LogP contribution in [-0.4, -0.2) is 33.8 Å². The van der Waals surface area contributed by atoms with Gasteiger partial charge in [0, 0.05) is 18.7 Å². The molecule has 0 aliphatic carbocycles. The number of carbonyl (C=O) groups is 1. The summed E-state index contributed by atoms with van der Waals surface area (Å²) in [5, 5.41) is 38.8. The number of nitro groups is 1.